The highest BCUT2D eigenvalue weighted by Crippen LogP contribution is 2.33. The van der Waals surface area contributed by atoms with E-state index in [0.717, 1.165) is 11.4 Å². The summed E-state index contributed by atoms with van der Waals surface area (Å²) < 4.78 is 0. The molecular weight excluding hydrogens is 228 g/mol. The second-order valence-electron chi connectivity index (χ2n) is 4.44. The van der Waals surface area contributed by atoms with Crippen LogP contribution in [-0.4, -0.2) is 0 Å². The van der Waals surface area contributed by atoms with Crippen LogP contribution in [-0.2, 0) is 0 Å². The van der Waals surface area contributed by atoms with Gasteiger partial charge in [-0.1, -0.05) is 47.9 Å². The van der Waals surface area contributed by atoms with Gasteiger partial charge in [0.15, 0.2) is 0 Å². The molecular formula is C16H15Cl. The lowest BCUT2D eigenvalue weighted by atomic mass is 9.82. The predicted molar refractivity (Wildman–Crippen MR) is 74.7 cm³/mol. The molecule has 1 aromatic rings. The third-order valence-electron chi connectivity index (χ3n) is 2.87. The van der Waals surface area contributed by atoms with Gasteiger partial charge in [0.05, 0.1) is 5.41 Å². The van der Waals surface area contributed by atoms with Gasteiger partial charge in [-0.25, -0.2) is 0 Å². The average molecular weight is 243 g/mol. The van der Waals surface area contributed by atoms with Gasteiger partial charge in [0.25, 0.3) is 0 Å². The van der Waals surface area contributed by atoms with Crippen LogP contribution in [0.3, 0.4) is 0 Å². The monoisotopic (exact) mass is 242 g/mol. The molecule has 0 saturated heterocycles. The van der Waals surface area contributed by atoms with Crippen LogP contribution >= 0.6 is 11.6 Å². The molecule has 86 valence electrons. The number of rotatable bonds is 1. The van der Waals surface area contributed by atoms with Crippen molar-refractivity contribution in [3.05, 3.63) is 53.1 Å². The molecule has 1 aromatic carbocycles. The lowest BCUT2D eigenvalue weighted by molar-refractivity contribution is 0.737. The maximum Gasteiger partial charge on any atom is 0.0651 e. The molecule has 0 heterocycles. The predicted octanol–water partition coefficient (Wildman–Crippen LogP) is 4.71. The Morgan fingerprint density at radius 2 is 2.18 bits per heavy atom. The minimum absolute atomic E-state index is 0.148. The second kappa shape index (κ2) is 4.82. The van der Waals surface area contributed by atoms with Crippen LogP contribution in [0.4, 0.5) is 0 Å². The third-order valence-corrected chi connectivity index (χ3v) is 3.10. The molecule has 1 atom stereocenters. The fourth-order valence-corrected chi connectivity index (χ4v) is 2.33. The maximum atomic E-state index is 6.02. The van der Waals surface area contributed by atoms with Crippen molar-refractivity contribution >= 4 is 17.2 Å². The summed E-state index contributed by atoms with van der Waals surface area (Å²) in [6.07, 6.45) is 7.52. The maximum absolute atomic E-state index is 6.02. The van der Waals surface area contributed by atoms with E-state index in [1.54, 1.807) is 0 Å². The molecule has 0 fully saturated rings. The van der Waals surface area contributed by atoms with Crippen molar-refractivity contribution in [2.75, 3.05) is 0 Å². The first kappa shape index (κ1) is 12.0. The minimum atomic E-state index is -0.148. The number of allylic oxidation sites excluding steroid dienone is 4. The highest BCUT2D eigenvalue weighted by Gasteiger charge is 2.19. The minimum Gasteiger partial charge on any atom is -0.105 e. The van der Waals surface area contributed by atoms with E-state index in [-0.39, 0.29) is 5.41 Å². The molecule has 0 N–H and O–H groups in total. The molecule has 2 rings (SSSR count). The van der Waals surface area contributed by atoms with Crippen molar-refractivity contribution in [3.63, 3.8) is 0 Å². The summed E-state index contributed by atoms with van der Waals surface area (Å²) in [5.41, 5.74) is 2.33. The highest BCUT2D eigenvalue weighted by molar-refractivity contribution is 6.30. The van der Waals surface area contributed by atoms with E-state index in [9.17, 15) is 0 Å². The van der Waals surface area contributed by atoms with Crippen LogP contribution in [0.1, 0.15) is 25.8 Å². The van der Waals surface area contributed by atoms with Crippen molar-refractivity contribution in [2.24, 2.45) is 5.41 Å². The van der Waals surface area contributed by atoms with Crippen LogP contribution < -0.4 is 0 Å². The Kier molecular flexibility index (Phi) is 3.41. The van der Waals surface area contributed by atoms with Gasteiger partial charge in [0, 0.05) is 5.02 Å². The Balaban J connectivity index is 2.39. The lowest BCUT2D eigenvalue weighted by Crippen LogP contribution is -2.10. The van der Waals surface area contributed by atoms with Gasteiger partial charge >= 0.3 is 0 Å². The second-order valence-corrected chi connectivity index (χ2v) is 4.88. The van der Waals surface area contributed by atoms with Gasteiger partial charge in [-0.15, -0.1) is 5.92 Å². The molecule has 1 heteroatoms. The molecule has 0 aliphatic heterocycles. The Labute approximate surface area is 108 Å². The first-order valence-corrected chi connectivity index (χ1v) is 6.10. The average Bonchev–Trinajstić information content (AvgIpc) is 2.29. The third kappa shape index (κ3) is 2.81. The van der Waals surface area contributed by atoms with E-state index in [1.807, 2.05) is 25.1 Å². The molecule has 0 spiro atoms. The molecule has 1 aliphatic rings. The molecule has 1 aliphatic carbocycles. The van der Waals surface area contributed by atoms with Gasteiger partial charge in [0.1, 0.15) is 0 Å². The summed E-state index contributed by atoms with van der Waals surface area (Å²) in [6.45, 7) is 4.00. The Bertz CT molecular complexity index is 540. The van der Waals surface area contributed by atoms with Gasteiger partial charge in [-0.05, 0) is 43.5 Å². The van der Waals surface area contributed by atoms with E-state index >= 15 is 0 Å². The molecule has 1 unspecified atom stereocenters. The molecule has 0 aromatic heterocycles. The zero-order chi connectivity index (χ0) is 12.3. The van der Waals surface area contributed by atoms with E-state index in [1.165, 1.54) is 11.1 Å². The first-order valence-electron chi connectivity index (χ1n) is 5.72. The first-order chi connectivity index (χ1) is 8.13. The summed E-state index contributed by atoms with van der Waals surface area (Å²) in [7, 11) is 0. The van der Waals surface area contributed by atoms with Crippen LogP contribution in [0, 0.1) is 17.3 Å². The lowest BCUT2D eigenvalue weighted by Gasteiger charge is -2.21. The Hall–Kier alpha value is -1.45. The fourth-order valence-electron chi connectivity index (χ4n) is 2.14. The summed E-state index contributed by atoms with van der Waals surface area (Å²) in [6, 6.07) is 7.98. The van der Waals surface area contributed by atoms with Crippen LogP contribution in [0.25, 0.3) is 5.57 Å². The van der Waals surface area contributed by atoms with Gasteiger partial charge in [0.2, 0.25) is 0 Å². The number of halogens is 1. The zero-order valence-electron chi connectivity index (χ0n) is 10.1. The van der Waals surface area contributed by atoms with E-state index in [4.69, 9.17) is 11.6 Å². The summed E-state index contributed by atoms with van der Waals surface area (Å²) >= 11 is 6.02. The SMILES string of the molecule is CC#CC1(C)C=CCC(c2cccc(Cl)c2)=C1. The van der Waals surface area contributed by atoms with Crippen LogP contribution in [0.15, 0.2) is 42.5 Å². The largest absolute Gasteiger partial charge is 0.105 e. The van der Waals surface area contributed by atoms with Crippen molar-refractivity contribution < 1.29 is 0 Å². The fraction of sp³-hybridized carbons (Fsp3) is 0.250. The number of benzene rings is 1. The van der Waals surface area contributed by atoms with Crippen molar-refractivity contribution in [1.29, 1.82) is 0 Å². The summed E-state index contributed by atoms with van der Waals surface area (Å²) in [5, 5.41) is 0.779. The van der Waals surface area contributed by atoms with Gasteiger partial charge < -0.3 is 0 Å². The molecule has 0 saturated carbocycles. The zero-order valence-corrected chi connectivity index (χ0v) is 10.9. The van der Waals surface area contributed by atoms with Crippen molar-refractivity contribution in [1.82, 2.24) is 0 Å². The molecule has 0 radical (unpaired) electrons. The standard InChI is InChI=1S/C16H15Cl/c1-3-9-16(2)10-5-7-14(12-16)13-6-4-8-15(17)11-13/h4-6,8,10-12H,7H2,1-2H3. The van der Waals surface area contributed by atoms with Crippen LogP contribution in [0.5, 0.6) is 0 Å². The summed E-state index contributed by atoms with van der Waals surface area (Å²) in [4.78, 5) is 0. The molecule has 17 heavy (non-hydrogen) atoms. The Morgan fingerprint density at radius 3 is 2.88 bits per heavy atom. The molecule has 0 bridgehead atoms. The smallest absolute Gasteiger partial charge is 0.0651 e. The van der Waals surface area contributed by atoms with Gasteiger partial charge in [-0.2, -0.15) is 0 Å². The quantitative estimate of drug-likeness (QED) is 0.494. The number of hydrogen-bond acceptors (Lipinski definition) is 0. The van der Waals surface area contributed by atoms with Crippen molar-refractivity contribution in [3.8, 4) is 11.8 Å². The summed E-state index contributed by atoms with van der Waals surface area (Å²) in [5.74, 6) is 6.22. The van der Waals surface area contributed by atoms with Crippen molar-refractivity contribution in [2.45, 2.75) is 20.3 Å². The Morgan fingerprint density at radius 1 is 1.35 bits per heavy atom. The molecule has 0 nitrogen and oxygen atoms in total. The van der Waals surface area contributed by atoms with E-state index in [0.29, 0.717) is 0 Å². The topological polar surface area (TPSA) is 0 Å². The number of hydrogen-bond donors (Lipinski definition) is 0. The molecule has 0 amide bonds. The normalized spacial score (nSPS) is 22.6. The van der Waals surface area contributed by atoms with Crippen LogP contribution in [0.2, 0.25) is 5.02 Å². The van der Waals surface area contributed by atoms with E-state index in [2.05, 4.69) is 43.1 Å². The van der Waals surface area contributed by atoms with E-state index < -0.39 is 0 Å². The highest BCUT2D eigenvalue weighted by atomic mass is 35.5. The van der Waals surface area contributed by atoms with Gasteiger partial charge in [-0.3, -0.25) is 0 Å².